The maximum absolute atomic E-state index is 2.53. The summed E-state index contributed by atoms with van der Waals surface area (Å²) in [5.74, 6) is 0. The number of rotatable bonds is 3. The van der Waals surface area contributed by atoms with Crippen molar-refractivity contribution in [3.05, 3.63) is 0 Å². The second-order valence-corrected chi connectivity index (χ2v) is 41.0. The number of hydrogen-bond donors (Lipinski definition) is 0. The monoisotopic (exact) mass is 522 g/mol. The van der Waals surface area contributed by atoms with Crippen molar-refractivity contribution in [3.63, 3.8) is 0 Å². The predicted molar refractivity (Wildman–Crippen MR) is 157 cm³/mol. The summed E-state index contributed by atoms with van der Waals surface area (Å²) >= 11 is 0. The van der Waals surface area contributed by atoms with Crippen LogP contribution in [0.25, 0.3) is 0 Å². The molecule has 0 radical (unpaired) electrons. The Labute approximate surface area is 199 Å². The Balaban J connectivity index is 6.82. The van der Waals surface area contributed by atoms with Gasteiger partial charge >= 0.3 is 0 Å². The fourth-order valence-corrected chi connectivity index (χ4v) is 65.1. The molecular weight excluding hydrogens is 468 g/mol. The first-order chi connectivity index (χ1) is 12.7. The summed E-state index contributed by atoms with van der Waals surface area (Å²) in [6, 6.07) is 0. The zero-order valence-corrected chi connectivity index (χ0v) is 29.4. The normalized spacial score (nSPS) is 16.7. The van der Waals surface area contributed by atoms with E-state index in [2.05, 4.69) is 125 Å². The summed E-state index contributed by atoms with van der Waals surface area (Å²) < 4.78 is 0. The first-order valence-electron chi connectivity index (χ1n) is 11.5. The molecule has 0 aliphatic carbocycles. The molecule has 0 unspecified atom stereocenters. The van der Waals surface area contributed by atoms with Crippen LogP contribution >= 0.6 is 29.9 Å². The van der Waals surface area contributed by atoms with Gasteiger partial charge in [-0.25, -0.2) is 0 Å². The topological polar surface area (TPSA) is 0 Å². The molecule has 0 saturated carbocycles. The molecule has 0 spiro atoms. The van der Waals surface area contributed by atoms with Gasteiger partial charge in [-0.2, -0.15) is 0 Å². The minimum atomic E-state index is -1.67. The number of hydrogen-bond acceptors (Lipinski definition) is 0. The molecule has 0 atom stereocenters. The van der Waals surface area contributed by atoms with Crippen molar-refractivity contribution >= 4 is 45.4 Å². The molecule has 0 fully saturated rings. The van der Waals surface area contributed by atoms with Crippen molar-refractivity contribution in [1.29, 1.82) is 0 Å². The van der Waals surface area contributed by atoms with Crippen LogP contribution in [0.15, 0.2) is 0 Å². The van der Waals surface area contributed by atoms with E-state index in [1.807, 2.05) is 0 Å². The van der Waals surface area contributed by atoms with Gasteiger partial charge in [-0.05, 0) is 45.3 Å². The molecule has 0 aromatic rings. The molecule has 0 aromatic heterocycles. The van der Waals surface area contributed by atoms with Gasteiger partial charge in [0.05, 0.1) is 0 Å². The van der Waals surface area contributed by atoms with E-state index >= 15 is 0 Å². The van der Waals surface area contributed by atoms with Crippen LogP contribution in [0.5, 0.6) is 0 Å². The fourth-order valence-electron chi connectivity index (χ4n) is 7.82. The summed E-state index contributed by atoms with van der Waals surface area (Å²) in [6.45, 7) is 45.6. The lowest BCUT2D eigenvalue weighted by atomic mass is 10.2. The maximum atomic E-state index is 2.53. The Kier molecular flexibility index (Phi) is 9.86. The lowest BCUT2D eigenvalue weighted by Crippen LogP contribution is -2.53. The van der Waals surface area contributed by atoms with E-state index in [0.717, 1.165) is 0 Å². The molecule has 0 aliphatic rings. The van der Waals surface area contributed by atoms with Gasteiger partial charge in [0.15, 0.2) is 0 Å². The van der Waals surface area contributed by atoms with Crippen LogP contribution in [0.2, 0.25) is 30.2 Å². The van der Waals surface area contributed by atoms with Crippen molar-refractivity contribution in [2.24, 2.45) is 0 Å². The molecule has 0 nitrogen and oxygen atoms in total. The van der Waals surface area contributed by atoms with Crippen LogP contribution in [-0.4, -0.2) is 15.5 Å². The SMILES string of the molecule is CC(C)(C)[Si](P=PP=P[Si](C(C)(C)C)(C(C)(C)C)C(C)(C)C)(C(C)(C)C)C(C)(C)C. The van der Waals surface area contributed by atoms with Crippen LogP contribution in [0.4, 0.5) is 0 Å². The van der Waals surface area contributed by atoms with Gasteiger partial charge in [0.25, 0.3) is 0 Å². The molecule has 6 heteroatoms. The van der Waals surface area contributed by atoms with E-state index in [1.165, 1.54) is 0 Å². The van der Waals surface area contributed by atoms with Crippen molar-refractivity contribution < 1.29 is 0 Å². The van der Waals surface area contributed by atoms with E-state index in [9.17, 15) is 0 Å². The van der Waals surface area contributed by atoms with E-state index in [1.54, 1.807) is 29.9 Å². The van der Waals surface area contributed by atoms with Gasteiger partial charge in [-0.15, -0.1) is 0 Å². The van der Waals surface area contributed by atoms with Crippen molar-refractivity contribution in [1.82, 2.24) is 0 Å². The lowest BCUT2D eigenvalue weighted by Gasteiger charge is -2.57. The van der Waals surface area contributed by atoms with Crippen LogP contribution in [0, 0.1) is 0 Å². The Morgan fingerprint density at radius 1 is 0.300 bits per heavy atom. The highest BCUT2D eigenvalue weighted by Gasteiger charge is 2.60. The third-order valence-corrected chi connectivity index (χ3v) is 50.2. The predicted octanol–water partition coefficient (Wildman–Crippen LogP) is 13.2. The Hall–Kier alpha value is 1.63. The highest BCUT2D eigenvalue weighted by Crippen LogP contribution is 2.72. The second kappa shape index (κ2) is 9.35. The van der Waals surface area contributed by atoms with Gasteiger partial charge in [0, 0.05) is 0 Å². The smallest absolute Gasteiger partial charge is 0.0880 e. The molecule has 0 rings (SSSR count). The van der Waals surface area contributed by atoms with E-state index < -0.39 is 15.5 Å². The summed E-state index contributed by atoms with van der Waals surface area (Å²) in [5.41, 5.74) is 0. The van der Waals surface area contributed by atoms with Crippen LogP contribution in [0.1, 0.15) is 125 Å². The maximum Gasteiger partial charge on any atom is 0.133 e. The molecule has 178 valence electrons. The molecule has 0 amide bonds. The molecule has 0 N–H and O–H groups in total. The largest absolute Gasteiger partial charge is 0.133 e. The standard InChI is InChI=1S/C24H54P4Si2/c1-19(2,3)29(20(4,5)6,21(7,8)9)27-25-26-28-30(22(10,11)12,23(13,14)15)24(16,17)18/h1-18H3. The minimum absolute atomic E-state index is 0.386. The first kappa shape index (κ1) is 31.6. The van der Waals surface area contributed by atoms with E-state index in [4.69, 9.17) is 0 Å². The summed E-state index contributed by atoms with van der Waals surface area (Å²) in [5, 5.41) is 2.32. The first-order valence-corrected chi connectivity index (χ1v) is 22.9. The van der Waals surface area contributed by atoms with Crippen LogP contribution < -0.4 is 0 Å². The average Bonchev–Trinajstić information content (AvgIpc) is 2.32. The molecule has 0 aliphatic heterocycles. The lowest BCUT2D eigenvalue weighted by molar-refractivity contribution is 0.558. The second-order valence-electron chi connectivity index (χ2n) is 15.3. The molecular formula is C24H54P4Si2. The summed E-state index contributed by atoms with van der Waals surface area (Å²) in [6.07, 6.45) is 0. The Bertz CT molecular complexity index is 508. The zero-order valence-electron chi connectivity index (χ0n) is 23.8. The van der Waals surface area contributed by atoms with Crippen molar-refractivity contribution in [2.45, 2.75) is 155 Å². The molecule has 0 aromatic carbocycles. The van der Waals surface area contributed by atoms with Gasteiger partial charge in [0.1, 0.15) is 15.5 Å². The highest BCUT2D eigenvalue weighted by molar-refractivity contribution is 8.42. The van der Waals surface area contributed by atoms with E-state index in [0.29, 0.717) is 30.2 Å². The van der Waals surface area contributed by atoms with Gasteiger partial charge in [-0.3, -0.25) is 0 Å². The molecule has 0 saturated heterocycles. The van der Waals surface area contributed by atoms with E-state index in [-0.39, 0.29) is 0 Å². The van der Waals surface area contributed by atoms with Gasteiger partial charge < -0.3 is 0 Å². The molecule has 0 heterocycles. The quantitative estimate of drug-likeness (QED) is 0.255. The summed E-state index contributed by atoms with van der Waals surface area (Å²) in [7, 11) is 3.42. The molecule has 30 heavy (non-hydrogen) atoms. The van der Waals surface area contributed by atoms with Gasteiger partial charge in [-0.1, -0.05) is 139 Å². The Morgan fingerprint density at radius 3 is 0.533 bits per heavy atom. The third kappa shape index (κ3) is 5.82. The third-order valence-electron chi connectivity index (χ3n) is 6.94. The summed E-state index contributed by atoms with van der Waals surface area (Å²) in [4.78, 5) is 0. The highest BCUT2D eigenvalue weighted by atomic mass is 32.4. The fraction of sp³-hybridized carbons (Fsp3) is 1.00. The Morgan fingerprint density at radius 2 is 0.433 bits per heavy atom. The zero-order chi connectivity index (χ0) is 24.8. The van der Waals surface area contributed by atoms with Crippen LogP contribution in [0.3, 0.4) is 0 Å². The van der Waals surface area contributed by atoms with Crippen molar-refractivity contribution in [2.75, 3.05) is 0 Å². The average molecular weight is 523 g/mol. The molecule has 0 bridgehead atoms. The van der Waals surface area contributed by atoms with Crippen molar-refractivity contribution in [3.8, 4) is 0 Å². The van der Waals surface area contributed by atoms with Gasteiger partial charge in [0.2, 0.25) is 0 Å². The van der Waals surface area contributed by atoms with Crippen LogP contribution in [-0.2, 0) is 0 Å². The minimum Gasteiger partial charge on any atom is -0.0880 e.